The summed E-state index contributed by atoms with van der Waals surface area (Å²) in [5.74, 6) is -1.84. The summed E-state index contributed by atoms with van der Waals surface area (Å²) in [5.41, 5.74) is -0.562. The Kier molecular flexibility index (Phi) is 9.89. The maximum absolute atomic E-state index is 14.1. The predicted molar refractivity (Wildman–Crippen MR) is 144 cm³/mol. The average Bonchev–Trinajstić information content (AvgIpc) is 3.36. The summed E-state index contributed by atoms with van der Waals surface area (Å²) >= 11 is 0. The SMILES string of the molecule is FC(F)(F)c1nnc(C(F)(F)F)c([C@H]2O[C@H](COCc3ccccc3)[C@@H](OCc3ccccc3)[C@H]2OCc2ccccc2)n1. The first-order chi connectivity index (χ1) is 21.1. The van der Waals surface area contributed by atoms with E-state index in [9.17, 15) is 26.3 Å². The topological polar surface area (TPSA) is 75.6 Å². The molecule has 1 saturated heterocycles. The first-order valence-corrected chi connectivity index (χ1v) is 13.6. The molecule has 0 N–H and O–H groups in total. The van der Waals surface area contributed by atoms with Gasteiger partial charge in [0.2, 0.25) is 0 Å². The summed E-state index contributed by atoms with van der Waals surface area (Å²) in [6.45, 7) is -0.0977. The highest BCUT2D eigenvalue weighted by molar-refractivity contribution is 5.22. The van der Waals surface area contributed by atoms with Crippen LogP contribution in [0.3, 0.4) is 0 Å². The Balaban J connectivity index is 1.51. The van der Waals surface area contributed by atoms with Gasteiger partial charge in [-0.2, -0.15) is 26.3 Å². The van der Waals surface area contributed by atoms with Crippen LogP contribution in [0.25, 0.3) is 0 Å². The molecule has 4 aromatic rings. The van der Waals surface area contributed by atoms with E-state index >= 15 is 0 Å². The van der Waals surface area contributed by atoms with Gasteiger partial charge in [-0.25, -0.2) is 4.98 Å². The van der Waals surface area contributed by atoms with Gasteiger partial charge in [-0.3, -0.25) is 0 Å². The van der Waals surface area contributed by atoms with E-state index in [0.717, 1.165) is 11.1 Å². The van der Waals surface area contributed by atoms with Crippen molar-refractivity contribution < 1.29 is 45.3 Å². The largest absolute Gasteiger partial charge is 0.453 e. The van der Waals surface area contributed by atoms with Gasteiger partial charge < -0.3 is 18.9 Å². The van der Waals surface area contributed by atoms with Crippen molar-refractivity contribution in [2.45, 2.75) is 56.6 Å². The van der Waals surface area contributed by atoms with Crippen molar-refractivity contribution >= 4 is 0 Å². The molecular formula is C31H27F6N3O4. The number of hydrogen-bond donors (Lipinski definition) is 0. The number of rotatable bonds is 11. The molecule has 232 valence electrons. The van der Waals surface area contributed by atoms with Gasteiger partial charge in [0.1, 0.15) is 30.1 Å². The van der Waals surface area contributed by atoms with Crippen LogP contribution in [0.5, 0.6) is 0 Å². The quantitative estimate of drug-likeness (QED) is 0.172. The molecule has 0 bridgehead atoms. The number of aromatic nitrogens is 3. The van der Waals surface area contributed by atoms with Gasteiger partial charge in [-0.1, -0.05) is 91.0 Å². The Morgan fingerprint density at radius 3 is 1.61 bits per heavy atom. The third-order valence-electron chi connectivity index (χ3n) is 6.78. The lowest BCUT2D eigenvalue weighted by Gasteiger charge is -2.26. The first kappa shape index (κ1) is 31.5. The van der Waals surface area contributed by atoms with E-state index in [1.54, 1.807) is 54.6 Å². The summed E-state index contributed by atoms with van der Waals surface area (Å²) in [4.78, 5) is 3.29. The molecule has 44 heavy (non-hydrogen) atoms. The Bertz CT molecular complexity index is 1480. The molecule has 0 radical (unpaired) electrons. The van der Waals surface area contributed by atoms with Crippen molar-refractivity contribution in [2.24, 2.45) is 0 Å². The van der Waals surface area contributed by atoms with E-state index in [-0.39, 0.29) is 26.4 Å². The van der Waals surface area contributed by atoms with E-state index in [0.29, 0.717) is 5.56 Å². The number of halogens is 6. The minimum Gasteiger partial charge on any atom is -0.374 e. The van der Waals surface area contributed by atoms with Gasteiger partial charge in [0.05, 0.1) is 26.4 Å². The zero-order chi connectivity index (χ0) is 31.2. The van der Waals surface area contributed by atoms with E-state index in [1.165, 1.54) is 0 Å². The zero-order valence-electron chi connectivity index (χ0n) is 23.0. The van der Waals surface area contributed by atoms with Crippen molar-refractivity contribution in [2.75, 3.05) is 6.61 Å². The molecule has 0 unspecified atom stereocenters. The number of alkyl halides is 6. The van der Waals surface area contributed by atoms with Crippen LogP contribution < -0.4 is 0 Å². The Morgan fingerprint density at radius 2 is 1.11 bits per heavy atom. The smallest absolute Gasteiger partial charge is 0.374 e. The third kappa shape index (κ3) is 7.97. The molecule has 0 aliphatic carbocycles. The zero-order valence-corrected chi connectivity index (χ0v) is 23.0. The molecule has 1 aliphatic rings. The molecule has 4 atom stereocenters. The fraction of sp³-hybridized carbons (Fsp3) is 0.323. The normalized spacial score (nSPS) is 20.6. The fourth-order valence-corrected chi connectivity index (χ4v) is 4.72. The lowest BCUT2D eigenvalue weighted by atomic mass is 10.0. The van der Waals surface area contributed by atoms with Crippen molar-refractivity contribution in [3.05, 3.63) is 125 Å². The molecule has 0 spiro atoms. The highest BCUT2D eigenvalue weighted by Gasteiger charge is 2.52. The minimum absolute atomic E-state index is 0.0178. The number of benzene rings is 3. The number of hydrogen-bond acceptors (Lipinski definition) is 7. The molecule has 1 aromatic heterocycles. The summed E-state index contributed by atoms with van der Waals surface area (Å²) < 4.78 is 107. The fourth-order valence-electron chi connectivity index (χ4n) is 4.72. The monoisotopic (exact) mass is 619 g/mol. The van der Waals surface area contributed by atoms with Crippen LogP contribution in [0.15, 0.2) is 91.0 Å². The molecule has 1 fully saturated rings. The molecule has 5 rings (SSSR count). The third-order valence-corrected chi connectivity index (χ3v) is 6.78. The van der Waals surface area contributed by atoms with Gasteiger partial charge >= 0.3 is 12.4 Å². The molecule has 3 aromatic carbocycles. The molecule has 2 heterocycles. The van der Waals surface area contributed by atoms with Crippen LogP contribution in [0, 0.1) is 0 Å². The first-order valence-electron chi connectivity index (χ1n) is 13.6. The lowest BCUT2D eigenvalue weighted by molar-refractivity contribution is -0.154. The van der Waals surface area contributed by atoms with Crippen LogP contribution >= 0.6 is 0 Å². The van der Waals surface area contributed by atoms with Crippen molar-refractivity contribution in [1.29, 1.82) is 0 Å². The summed E-state index contributed by atoms with van der Waals surface area (Å²) in [6, 6.07) is 26.8. The number of ether oxygens (including phenoxy) is 4. The van der Waals surface area contributed by atoms with E-state index < -0.39 is 54.0 Å². The van der Waals surface area contributed by atoms with Gasteiger partial charge in [0, 0.05) is 0 Å². The summed E-state index contributed by atoms with van der Waals surface area (Å²) in [5, 5.41) is 5.60. The minimum atomic E-state index is -5.19. The van der Waals surface area contributed by atoms with Crippen LogP contribution in [-0.2, 0) is 51.1 Å². The maximum atomic E-state index is 14.1. The highest BCUT2D eigenvalue weighted by atomic mass is 19.4. The second-order valence-corrected chi connectivity index (χ2v) is 9.98. The van der Waals surface area contributed by atoms with Crippen LogP contribution in [0.4, 0.5) is 26.3 Å². The maximum Gasteiger partial charge on any atom is 0.453 e. The summed E-state index contributed by atoms with van der Waals surface area (Å²) in [7, 11) is 0. The second kappa shape index (κ2) is 13.8. The van der Waals surface area contributed by atoms with E-state index in [1.807, 2.05) is 36.4 Å². The standard InChI is InChI=1S/C31H27F6N3O4/c32-30(33,34)28-24(38-29(40-39-28)31(35,36)37)26-27(43-18-22-14-8-3-9-15-22)25(42-17-21-12-6-2-7-13-21)23(44-26)19-41-16-20-10-4-1-5-11-20/h1-15,23,25-27H,16-19H2/t23-,25-,26-,27-/m1/s1. The lowest BCUT2D eigenvalue weighted by Crippen LogP contribution is -2.38. The molecule has 0 amide bonds. The Morgan fingerprint density at radius 1 is 0.614 bits per heavy atom. The van der Waals surface area contributed by atoms with E-state index in [4.69, 9.17) is 18.9 Å². The summed E-state index contributed by atoms with van der Waals surface area (Å²) in [6.07, 6.45) is -15.5. The highest BCUT2D eigenvalue weighted by Crippen LogP contribution is 2.43. The molecular weight excluding hydrogens is 592 g/mol. The Labute approximate surface area is 248 Å². The van der Waals surface area contributed by atoms with Gasteiger partial charge in [0.15, 0.2) is 5.69 Å². The van der Waals surface area contributed by atoms with Crippen LogP contribution in [0.1, 0.15) is 40.0 Å². The average molecular weight is 620 g/mol. The van der Waals surface area contributed by atoms with Crippen molar-refractivity contribution in [3.8, 4) is 0 Å². The van der Waals surface area contributed by atoms with Crippen molar-refractivity contribution in [1.82, 2.24) is 15.2 Å². The van der Waals surface area contributed by atoms with Crippen molar-refractivity contribution in [3.63, 3.8) is 0 Å². The van der Waals surface area contributed by atoms with Gasteiger partial charge in [0.25, 0.3) is 5.82 Å². The molecule has 7 nitrogen and oxygen atoms in total. The van der Waals surface area contributed by atoms with Gasteiger partial charge in [-0.05, 0) is 16.7 Å². The Hall–Kier alpha value is -3.91. The molecule has 13 heteroatoms. The van der Waals surface area contributed by atoms with Crippen LogP contribution in [0.2, 0.25) is 0 Å². The molecule has 0 saturated carbocycles. The van der Waals surface area contributed by atoms with Gasteiger partial charge in [-0.15, -0.1) is 10.2 Å². The predicted octanol–water partition coefficient (Wildman–Crippen LogP) is 6.74. The molecule has 1 aliphatic heterocycles. The second-order valence-electron chi connectivity index (χ2n) is 9.98. The number of nitrogens with zero attached hydrogens (tertiary/aromatic N) is 3. The van der Waals surface area contributed by atoms with Crippen LogP contribution in [-0.4, -0.2) is 40.1 Å². The van der Waals surface area contributed by atoms with E-state index in [2.05, 4.69) is 15.2 Å².